The van der Waals surface area contributed by atoms with Crippen LogP contribution in [0.2, 0.25) is 0 Å². The smallest absolute Gasteiger partial charge is 0.251 e. The maximum Gasteiger partial charge on any atom is 0.251 e. The van der Waals surface area contributed by atoms with E-state index in [4.69, 9.17) is 0 Å². The minimum absolute atomic E-state index is 0.00215. The molecule has 2 rings (SSSR count). The van der Waals surface area contributed by atoms with E-state index in [1.54, 1.807) is 31.2 Å². The normalized spacial score (nSPS) is 22.6. The zero-order chi connectivity index (χ0) is 15.9. The average molecular weight is 304 g/mol. The fraction of sp³-hybridized carbons (Fsp3) is 0.529. The summed E-state index contributed by atoms with van der Waals surface area (Å²) in [6.45, 7) is 1.77. The summed E-state index contributed by atoms with van der Waals surface area (Å²) < 4.78 is 0. The predicted molar refractivity (Wildman–Crippen MR) is 84.3 cm³/mol. The summed E-state index contributed by atoms with van der Waals surface area (Å²) in [6, 6.07) is 8.23. The van der Waals surface area contributed by atoms with Gasteiger partial charge in [-0.3, -0.25) is 9.59 Å². The van der Waals surface area contributed by atoms with Crippen LogP contribution in [0.4, 0.5) is 0 Å². The highest BCUT2D eigenvalue weighted by atomic mass is 16.3. The van der Waals surface area contributed by atoms with E-state index < -0.39 is 6.04 Å². The molecular weight excluding hydrogens is 280 g/mol. The molecule has 120 valence electrons. The lowest BCUT2D eigenvalue weighted by molar-refractivity contribution is -0.124. The van der Waals surface area contributed by atoms with Crippen LogP contribution in [0.3, 0.4) is 0 Å². The van der Waals surface area contributed by atoms with Crippen LogP contribution in [0.1, 0.15) is 43.0 Å². The fourth-order valence-electron chi connectivity index (χ4n) is 2.86. The molecule has 3 unspecified atom stereocenters. The second-order valence-corrected chi connectivity index (χ2v) is 5.90. The standard InChI is InChI=1S/C17H24N2O3/c1-12(18-17(22)13-7-3-2-4-8-13)16(21)19-15-10-6-5-9-14(15)11-20/h2-4,7-8,12,14-15,20H,5-6,9-11H2,1H3,(H,18,22)(H,19,21). The third-order valence-electron chi connectivity index (χ3n) is 4.25. The summed E-state index contributed by atoms with van der Waals surface area (Å²) in [5.41, 5.74) is 0.535. The highest BCUT2D eigenvalue weighted by Crippen LogP contribution is 2.23. The molecule has 0 spiro atoms. The first-order valence-electron chi connectivity index (χ1n) is 7.89. The largest absolute Gasteiger partial charge is 0.396 e. The Labute approximate surface area is 131 Å². The molecule has 0 heterocycles. The van der Waals surface area contributed by atoms with Gasteiger partial charge in [0.1, 0.15) is 6.04 Å². The van der Waals surface area contributed by atoms with Crippen molar-refractivity contribution in [3.05, 3.63) is 35.9 Å². The van der Waals surface area contributed by atoms with Crippen LogP contribution in [-0.4, -0.2) is 35.6 Å². The van der Waals surface area contributed by atoms with E-state index in [1.807, 2.05) is 6.07 Å². The Hall–Kier alpha value is -1.88. The van der Waals surface area contributed by atoms with Gasteiger partial charge >= 0.3 is 0 Å². The molecule has 1 aliphatic rings. The number of carbonyl (C=O) groups excluding carboxylic acids is 2. The SMILES string of the molecule is CC(NC(=O)c1ccccc1)C(=O)NC1CCCCC1CO. The fourth-order valence-corrected chi connectivity index (χ4v) is 2.86. The van der Waals surface area contributed by atoms with Gasteiger partial charge in [-0.25, -0.2) is 0 Å². The topological polar surface area (TPSA) is 78.4 Å². The molecule has 5 nitrogen and oxygen atoms in total. The van der Waals surface area contributed by atoms with Crippen LogP contribution in [0, 0.1) is 5.92 Å². The molecule has 2 amide bonds. The first-order valence-corrected chi connectivity index (χ1v) is 7.89. The number of hydrogen-bond acceptors (Lipinski definition) is 3. The van der Waals surface area contributed by atoms with Crippen molar-refractivity contribution in [3.63, 3.8) is 0 Å². The number of aliphatic hydroxyl groups excluding tert-OH is 1. The number of carbonyl (C=O) groups is 2. The molecule has 1 fully saturated rings. The van der Waals surface area contributed by atoms with Crippen molar-refractivity contribution >= 4 is 11.8 Å². The lowest BCUT2D eigenvalue weighted by Gasteiger charge is -2.31. The third-order valence-corrected chi connectivity index (χ3v) is 4.25. The maximum atomic E-state index is 12.2. The van der Waals surface area contributed by atoms with Crippen LogP contribution in [0.25, 0.3) is 0 Å². The van der Waals surface area contributed by atoms with E-state index >= 15 is 0 Å². The van der Waals surface area contributed by atoms with Gasteiger partial charge in [-0.1, -0.05) is 31.0 Å². The molecule has 3 N–H and O–H groups in total. The van der Waals surface area contributed by atoms with Crippen molar-refractivity contribution in [2.75, 3.05) is 6.61 Å². The Bertz CT molecular complexity index is 504. The predicted octanol–water partition coefficient (Wildman–Crippen LogP) is 1.47. The summed E-state index contributed by atoms with van der Waals surface area (Å²) in [7, 11) is 0. The maximum absolute atomic E-state index is 12.2. The van der Waals surface area contributed by atoms with E-state index in [2.05, 4.69) is 10.6 Å². The van der Waals surface area contributed by atoms with Gasteiger partial charge in [0.05, 0.1) is 0 Å². The Balaban J connectivity index is 1.87. The molecule has 0 saturated heterocycles. The Morgan fingerprint density at radius 1 is 1.23 bits per heavy atom. The molecule has 0 radical (unpaired) electrons. The van der Waals surface area contributed by atoms with Crippen LogP contribution < -0.4 is 10.6 Å². The Morgan fingerprint density at radius 2 is 1.91 bits per heavy atom. The number of nitrogens with one attached hydrogen (secondary N) is 2. The minimum atomic E-state index is -0.603. The molecular formula is C17H24N2O3. The van der Waals surface area contributed by atoms with Crippen LogP contribution in [0.15, 0.2) is 30.3 Å². The second kappa shape index (κ2) is 7.94. The van der Waals surface area contributed by atoms with E-state index in [9.17, 15) is 14.7 Å². The molecule has 1 aliphatic carbocycles. The van der Waals surface area contributed by atoms with Crippen molar-refractivity contribution in [1.82, 2.24) is 10.6 Å². The molecule has 0 aromatic heterocycles. The van der Waals surface area contributed by atoms with Gasteiger partial charge in [-0.15, -0.1) is 0 Å². The van der Waals surface area contributed by atoms with Gasteiger partial charge in [0.2, 0.25) is 5.91 Å². The lowest BCUT2D eigenvalue weighted by atomic mass is 9.85. The molecule has 1 aromatic carbocycles. The van der Waals surface area contributed by atoms with Gasteiger partial charge in [-0.05, 0) is 31.9 Å². The van der Waals surface area contributed by atoms with Crippen molar-refractivity contribution in [2.24, 2.45) is 5.92 Å². The minimum Gasteiger partial charge on any atom is -0.396 e. The van der Waals surface area contributed by atoms with Crippen molar-refractivity contribution < 1.29 is 14.7 Å². The lowest BCUT2D eigenvalue weighted by Crippen LogP contribution is -2.51. The second-order valence-electron chi connectivity index (χ2n) is 5.90. The molecule has 0 aliphatic heterocycles. The third kappa shape index (κ3) is 4.31. The summed E-state index contributed by atoms with van der Waals surface area (Å²) in [5.74, 6) is -0.338. The summed E-state index contributed by atoms with van der Waals surface area (Å²) in [5, 5.41) is 15.1. The zero-order valence-corrected chi connectivity index (χ0v) is 12.9. The number of aliphatic hydroxyl groups is 1. The van der Waals surface area contributed by atoms with Gasteiger partial charge in [0, 0.05) is 24.1 Å². The van der Waals surface area contributed by atoms with Crippen LogP contribution >= 0.6 is 0 Å². The van der Waals surface area contributed by atoms with Gasteiger partial charge in [-0.2, -0.15) is 0 Å². The molecule has 22 heavy (non-hydrogen) atoms. The quantitative estimate of drug-likeness (QED) is 0.771. The Morgan fingerprint density at radius 3 is 2.59 bits per heavy atom. The molecule has 5 heteroatoms. The summed E-state index contributed by atoms with van der Waals surface area (Å²) in [4.78, 5) is 24.3. The highest BCUT2D eigenvalue weighted by molar-refractivity contribution is 5.97. The van der Waals surface area contributed by atoms with Gasteiger partial charge in [0.15, 0.2) is 0 Å². The van der Waals surface area contributed by atoms with E-state index in [0.717, 1.165) is 25.7 Å². The molecule has 0 bridgehead atoms. The van der Waals surface area contributed by atoms with E-state index in [1.165, 1.54) is 0 Å². The van der Waals surface area contributed by atoms with Crippen molar-refractivity contribution in [3.8, 4) is 0 Å². The van der Waals surface area contributed by atoms with Gasteiger partial charge < -0.3 is 15.7 Å². The molecule has 1 saturated carbocycles. The monoisotopic (exact) mass is 304 g/mol. The van der Waals surface area contributed by atoms with Crippen molar-refractivity contribution in [1.29, 1.82) is 0 Å². The van der Waals surface area contributed by atoms with E-state index in [0.29, 0.717) is 5.56 Å². The van der Waals surface area contributed by atoms with Crippen molar-refractivity contribution in [2.45, 2.75) is 44.7 Å². The number of rotatable bonds is 5. The van der Waals surface area contributed by atoms with Crippen LogP contribution in [-0.2, 0) is 4.79 Å². The number of benzene rings is 1. The number of amides is 2. The van der Waals surface area contributed by atoms with Crippen LogP contribution in [0.5, 0.6) is 0 Å². The summed E-state index contributed by atoms with van der Waals surface area (Å²) in [6.07, 6.45) is 3.98. The average Bonchev–Trinajstić information content (AvgIpc) is 2.56. The molecule has 3 atom stereocenters. The van der Waals surface area contributed by atoms with Gasteiger partial charge in [0.25, 0.3) is 5.91 Å². The summed E-state index contributed by atoms with van der Waals surface area (Å²) >= 11 is 0. The Kier molecular flexibility index (Phi) is 5.95. The highest BCUT2D eigenvalue weighted by Gasteiger charge is 2.27. The number of hydrogen-bond donors (Lipinski definition) is 3. The first-order chi connectivity index (χ1) is 10.6. The van der Waals surface area contributed by atoms with E-state index in [-0.39, 0.29) is 30.4 Å². The zero-order valence-electron chi connectivity index (χ0n) is 12.9. The molecule has 1 aromatic rings. The first kappa shape index (κ1) is 16.5.